The number of nitrogens with one attached hydrogen (secondary N) is 6. The van der Waals surface area contributed by atoms with E-state index in [0.29, 0.717) is 42.4 Å². The van der Waals surface area contributed by atoms with Gasteiger partial charge in [0.05, 0.1) is 6.04 Å². The number of nitrogens with zero attached hydrogens (tertiary/aromatic N) is 1. The molecule has 0 saturated heterocycles. The number of benzene rings is 1. The molecule has 0 aliphatic carbocycles. The summed E-state index contributed by atoms with van der Waals surface area (Å²) in [5.74, 6) is -2.55. The Labute approximate surface area is 244 Å². The molecular weight excluding hydrogens is 515 g/mol. The average molecular weight is 555 g/mol. The summed E-state index contributed by atoms with van der Waals surface area (Å²) in [5, 5.41) is 32.8. The number of hydrogen-bond donors (Lipinski definition) is 9. The van der Waals surface area contributed by atoms with Crippen molar-refractivity contribution in [1.82, 2.24) is 20.6 Å². The van der Waals surface area contributed by atoms with Crippen molar-refractivity contribution in [2.24, 2.45) is 0 Å². The maximum atomic E-state index is 12.3. The molecule has 15 heteroatoms. The monoisotopic (exact) mass is 554 g/mol. The molecule has 1 aromatic heterocycles. The third kappa shape index (κ3) is 11.6. The summed E-state index contributed by atoms with van der Waals surface area (Å²) in [5.41, 5.74) is 6.31. The second kappa shape index (κ2) is 16.4. The summed E-state index contributed by atoms with van der Waals surface area (Å²) >= 11 is 0. The summed E-state index contributed by atoms with van der Waals surface area (Å²) in [6.45, 7) is 9.59. The van der Waals surface area contributed by atoms with Crippen LogP contribution in [0.1, 0.15) is 50.9 Å². The van der Waals surface area contributed by atoms with Crippen molar-refractivity contribution in [3.05, 3.63) is 40.2 Å². The molecule has 2 heterocycles. The Hall–Kier alpha value is -3.73. The molecule has 40 heavy (non-hydrogen) atoms. The van der Waals surface area contributed by atoms with Crippen LogP contribution in [0.4, 0.5) is 23.1 Å². The first-order valence-electron chi connectivity index (χ1n) is 12.6. The summed E-state index contributed by atoms with van der Waals surface area (Å²) < 4.78 is 0. The van der Waals surface area contributed by atoms with E-state index in [-0.39, 0.29) is 49.3 Å². The zero-order valence-electron chi connectivity index (χ0n) is 22.5. The summed E-state index contributed by atoms with van der Waals surface area (Å²) in [7, 11) is 0. The molecule has 0 unspecified atom stereocenters. The van der Waals surface area contributed by atoms with Crippen LogP contribution in [0.5, 0.6) is 0 Å². The third-order valence-corrected chi connectivity index (χ3v) is 5.43. The molecular formula is C25H39LiN8O6. The number of aromatic nitrogens is 2. The summed E-state index contributed by atoms with van der Waals surface area (Å²) in [4.78, 5) is 52.5. The van der Waals surface area contributed by atoms with E-state index < -0.39 is 29.4 Å². The van der Waals surface area contributed by atoms with Gasteiger partial charge in [-0.2, -0.15) is 4.98 Å². The molecule has 14 nitrogen and oxygen atoms in total. The standard InChI is InChI=1S/C19H23N7O6.C6H15N.Li.H/c20-19-25-15-14(17(30)26-19)23-11(8-22-15)7-21-10-3-1-9(2-4-10)16(29)24-12(18(31)32)5-6-13(27)28;1-5(2)7-6(3)4;;/h1-4,11-12,21,23H,5-8H2,(H,24,29)(H,27,28)(H,31,32)(H4,20,22,25,26,30);5-7H,1-4H3;;/t11-,12+;;;/m1.../s1. The van der Waals surface area contributed by atoms with E-state index in [9.17, 15) is 19.2 Å². The molecule has 0 fully saturated rings. The van der Waals surface area contributed by atoms with Gasteiger partial charge in [-0.15, -0.1) is 0 Å². The Morgan fingerprint density at radius 2 is 1.73 bits per heavy atom. The van der Waals surface area contributed by atoms with E-state index in [1.807, 2.05) is 0 Å². The molecule has 1 aliphatic rings. The van der Waals surface area contributed by atoms with Gasteiger partial charge < -0.3 is 47.5 Å². The number of carboxylic acids is 2. The number of H-pyrrole nitrogens is 1. The molecule has 1 amide bonds. The fourth-order valence-corrected chi connectivity index (χ4v) is 3.77. The zero-order chi connectivity index (χ0) is 29.1. The van der Waals surface area contributed by atoms with Crippen LogP contribution in [0.15, 0.2) is 29.1 Å². The van der Waals surface area contributed by atoms with Gasteiger partial charge in [-0.25, -0.2) is 4.79 Å². The van der Waals surface area contributed by atoms with Crippen molar-refractivity contribution >= 4 is 59.8 Å². The number of aliphatic carboxylic acids is 2. The number of carbonyl (C=O) groups excluding carboxylic acids is 1. The number of amides is 1. The number of carboxylic acid groups (broad SMARTS) is 2. The van der Waals surface area contributed by atoms with Crippen LogP contribution in [0.25, 0.3) is 0 Å². The van der Waals surface area contributed by atoms with E-state index >= 15 is 0 Å². The van der Waals surface area contributed by atoms with Gasteiger partial charge in [0, 0.05) is 42.8 Å². The van der Waals surface area contributed by atoms with E-state index in [1.165, 1.54) is 12.1 Å². The molecule has 2 aromatic rings. The number of anilines is 4. The van der Waals surface area contributed by atoms with Gasteiger partial charge >= 0.3 is 30.8 Å². The average Bonchev–Trinajstić information content (AvgIpc) is 2.84. The number of carbonyl (C=O) groups is 3. The fourth-order valence-electron chi connectivity index (χ4n) is 3.77. The van der Waals surface area contributed by atoms with Gasteiger partial charge in [-0.3, -0.25) is 14.4 Å². The summed E-state index contributed by atoms with van der Waals surface area (Å²) in [6, 6.07) is 6.18. The second-order valence-corrected chi connectivity index (χ2v) is 9.63. The van der Waals surface area contributed by atoms with E-state index in [2.05, 4.69) is 64.2 Å². The van der Waals surface area contributed by atoms with Crippen molar-refractivity contribution in [1.29, 1.82) is 0 Å². The molecule has 216 valence electrons. The molecule has 1 aliphatic heterocycles. The van der Waals surface area contributed by atoms with Gasteiger partial charge in [0.1, 0.15) is 17.5 Å². The molecule has 10 N–H and O–H groups in total. The van der Waals surface area contributed by atoms with Crippen LogP contribution in [-0.2, 0) is 9.59 Å². The first kappa shape index (κ1) is 34.3. The molecule has 0 bridgehead atoms. The van der Waals surface area contributed by atoms with Gasteiger partial charge in [-0.1, -0.05) is 27.7 Å². The van der Waals surface area contributed by atoms with Gasteiger partial charge in [0.15, 0.2) is 0 Å². The number of hydrogen-bond acceptors (Lipinski definition) is 10. The first-order valence-corrected chi connectivity index (χ1v) is 12.6. The Kier molecular flexibility index (Phi) is 14.1. The van der Waals surface area contributed by atoms with Crippen molar-refractivity contribution in [3.63, 3.8) is 0 Å². The summed E-state index contributed by atoms with van der Waals surface area (Å²) in [6.07, 6.45) is -0.587. The molecule has 1 aromatic carbocycles. The number of fused-ring (bicyclic) bond motifs is 1. The number of aromatic amines is 1. The SMILES string of the molecule is CC(C)NC(C)C.Nc1nc(=O)c2c([nH]1)NC[C@@H](CNc1ccc(C(=O)N[C@@H](CCC(=O)O)C(=O)O)cc1)N2.[LiH]. The molecule has 2 atom stereocenters. The van der Waals surface area contributed by atoms with Crippen molar-refractivity contribution in [2.45, 2.75) is 64.7 Å². The fraction of sp³-hybridized carbons (Fsp3) is 0.480. The van der Waals surface area contributed by atoms with Crippen LogP contribution in [0, 0.1) is 0 Å². The maximum absolute atomic E-state index is 12.3. The van der Waals surface area contributed by atoms with Crippen molar-refractivity contribution in [3.8, 4) is 0 Å². The van der Waals surface area contributed by atoms with Gasteiger partial charge in [-0.05, 0) is 30.7 Å². The second-order valence-electron chi connectivity index (χ2n) is 9.63. The van der Waals surface area contributed by atoms with E-state index in [0.717, 1.165) is 0 Å². The molecule has 0 spiro atoms. The Morgan fingerprint density at radius 1 is 1.10 bits per heavy atom. The minimum absolute atomic E-state index is 0. The van der Waals surface area contributed by atoms with E-state index in [4.69, 9.17) is 15.9 Å². The molecule has 0 saturated carbocycles. The number of rotatable bonds is 11. The third-order valence-electron chi connectivity index (χ3n) is 5.43. The number of nitrogen functional groups attached to an aromatic ring is 1. The van der Waals surface area contributed by atoms with Crippen molar-refractivity contribution < 1.29 is 24.6 Å². The molecule has 0 radical (unpaired) electrons. The quantitative estimate of drug-likeness (QED) is 0.173. The molecule has 3 rings (SSSR count). The predicted octanol–water partition coefficient (Wildman–Crippen LogP) is 0.462. The van der Waals surface area contributed by atoms with Gasteiger partial charge in [0.25, 0.3) is 11.5 Å². The first-order chi connectivity index (χ1) is 18.3. The van der Waals surface area contributed by atoms with Gasteiger partial charge in [0.2, 0.25) is 5.95 Å². The normalized spacial score (nSPS) is 14.3. The predicted molar refractivity (Wildman–Crippen MR) is 156 cm³/mol. The Balaban J connectivity index is 0.000000886. The van der Waals surface area contributed by atoms with Crippen LogP contribution in [0.3, 0.4) is 0 Å². The van der Waals surface area contributed by atoms with Crippen LogP contribution in [0.2, 0.25) is 0 Å². The minimum atomic E-state index is -1.30. The van der Waals surface area contributed by atoms with Crippen molar-refractivity contribution in [2.75, 3.05) is 34.8 Å². The van der Waals surface area contributed by atoms with Crippen LogP contribution >= 0.6 is 0 Å². The Bertz CT molecular complexity index is 1180. The zero-order valence-corrected chi connectivity index (χ0v) is 22.5. The van der Waals surface area contributed by atoms with Crippen LogP contribution in [-0.4, -0.2) is 94.1 Å². The number of nitrogens with two attached hydrogens (primary N) is 1. The van der Waals surface area contributed by atoms with E-state index in [1.54, 1.807) is 12.1 Å². The Morgan fingerprint density at radius 3 is 2.25 bits per heavy atom. The topological polar surface area (TPSA) is 224 Å². The van der Waals surface area contributed by atoms with Crippen LogP contribution < -0.4 is 37.9 Å².